The Bertz CT molecular complexity index is 1080. The van der Waals surface area contributed by atoms with Crippen molar-refractivity contribution >= 4 is 11.6 Å². The summed E-state index contributed by atoms with van der Waals surface area (Å²) >= 11 is 0. The highest BCUT2D eigenvalue weighted by Crippen LogP contribution is 2.38. The van der Waals surface area contributed by atoms with E-state index in [1.165, 1.54) is 5.56 Å². The summed E-state index contributed by atoms with van der Waals surface area (Å²) in [4.78, 5) is 20.1. The van der Waals surface area contributed by atoms with Gasteiger partial charge in [0, 0.05) is 44.8 Å². The van der Waals surface area contributed by atoms with Crippen LogP contribution in [0.3, 0.4) is 0 Å². The first-order valence-electron chi connectivity index (χ1n) is 11.3. The molecule has 164 valence electrons. The van der Waals surface area contributed by atoms with Crippen LogP contribution in [0.4, 0.5) is 5.69 Å². The van der Waals surface area contributed by atoms with Gasteiger partial charge < -0.3 is 14.5 Å². The highest BCUT2D eigenvalue weighted by atomic mass is 16.5. The molecule has 0 spiro atoms. The Balaban J connectivity index is 1.26. The second kappa shape index (κ2) is 9.05. The monoisotopic (exact) mass is 427 g/mol. The van der Waals surface area contributed by atoms with E-state index in [1.807, 2.05) is 41.3 Å². The van der Waals surface area contributed by atoms with Crippen molar-refractivity contribution in [2.75, 3.05) is 51.3 Å². The van der Waals surface area contributed by atoms with Gasteiger partial charge in [-0.1, -0.05) is 60.7 Å². The summed E-state index contributed by atoms with van der Waals surface area (Å²) < 4.78 is 5.54. The van der Waals surface area contributed by atoms with Crippen molar-refractivity contribution in [2.24, 2.45) is 0 Å². The summed E-state index contributed by atoms with van der Waals surface area (Å²) in [6.45, 7) is 5.46. The van der Waals surface area contributed by atoms with E-state index < -0.39 is 0 Å². The third kappa shape index (κ3) is 3.84. The molecule has 3 aromatic rings. The molecule has 1 unspecified atom stereocenters. The zero-order chi connectivity index (χ0) is 21.9. The lowest BCUT2D eigenvalue weighted by Crippen LogP contribution is -2.49. The van der Waals surface area contributed by atoms with Gasteiger partial charge in [-0.3, -0.25) is 9.69 Å². The van der Waals surface area contributed by atoms with Crippen LogP contribution < -0.4 is 9.64 Å². The van der Waals surface area contributed by atoms with E-state index in [0.29, 0.717) is 0 Å². The Morgan fingerprint density at radius 1 is 0.812 bits per heavy atom. The molecule has 0 N–H and O–H groups in total. The van der Waals surface area contributed by atoms with E-state index in [1.54, 1.807) is 7.11 Å². The van der Waals surface area contributed by atoms with Gasteiger partial charge in [-0.25, -0.2) is 0 Å². The molecule has 0 aromatic heterocycles. The van der Waals surface area contributed by atoms with E-state index in [9.17, 15) is 4.79 Å². The number of amides is 1. The average Bonchev–Trinajstić information content (AvgIpc) is 3.15. The van der Waals surface area contributed by atoms with Crippen LogP contribution >= 0.6 is 0 Å². The SMILES string of the molecule is COc1ccccc1N1CCN(CCN2C(=O)c3ccccc3C2c2ccccc2)CC1. The highest BCUT2D eigenvalue weighted by Gasteiger charge is 2.37. The molecule has 1 fully saturated rings. The number of fused-ring (bicyclic) bond motifs is 1. The van der Waals surface area contributed by atoms with Crippen LogP contribution in [0.15, 0.2) is 78.9 Å². The first kappa shape index (κ1) is 20.6. The van der Waals surface area contributed by atoms with Crippen LogP contribution in [0.5, 0.6) is 5.75 Å². The standard InChI is InChI=1S/C27H29N3O2/c1-32-25-14-8-7-13-24(25)29-18-15-28(16-19-29)17-20-30-26(21-9-3-2-4-10-21)22-11-5-6-12-23(22)27(30)31/h2-14,26H,15-20H2,1H3. The van der Waals surface area contributed by atoms with Gasteiger partial charge >= 0.3 is 0 Å². The van der Waals surface area contributed by atoms with Crippen LogP contribution in [0, 0.1) is 0 Å². The number of para-hydroxylation sites is 2. The van der Waals surface area contributed by atoms with Gasteiger partial charge in [-0.15, -0.1) is 0 Å². The van der Waals surface area contributed by atoms with Crippen molar-refractivity contribution in [3.05, 3.63) is 95.6 Å². The molecule has 2 heterocycles. The number of hydrogen-bond acceptors (Lipinski definition) is 4. The number of ether oxygens (including phenoxy) is 1. The van der Waals surface area contributed by atoms with Crippen LogP contribution in [-0.4, -0.2) is 62.1 Å². The highest BCUT2D eigenvalue weighted by molar-refractivity contribution is 5.99. The predicted molar refractivity (Wildman–Crippen MR) is 127 cm³/mol. The molecular weight excluding hydrogens is 398 g/mol. The predicted octanol–water partition coefficient (Wildman–Crippen LogP) is 4.06. The molecule has 5 nitrogen and oxygen atoms in total. The molecular formula is C27H29N3O2. The minimum absolute atomic E-state index is 0.00484. The molecule has 0 radical (unpaired) electrons. The van der Waals surface area contributed by atoms with Gasteiger partial charge in [0.15, 0.2) is 0 Å². The second-order valence-corrected chi connectivity index (χ2v) is 8.40. The van der Waals surface area contributed by atoms with Crippen molar-refractivity contribution in [3.63, 3.8) is 0 Å². The zero-order valence-corrected chi connectivity index (χ0v) is 18.5. The smallest absolute Gasteiger partial charge is 0.255 e. The normalized spacial score (nSPS) is 18.7. The molecule has 2 aliphatic rings. The minimum atomic E-state index is -0.00484. The Labute approximate surface area is 189 Å². The fraction of sp³-hybridized carbons (Fsp3) is 0.296. The van der Waals surface area contributed by atoms with Gasteiger partial charge in [-0.2, -0.15) is 0 Å². The lowest BCUT2D eigenvalue weighted by Gasteiger charge is -2.37. The summed E-state index contributed by atoms with van der Waals surface area (Å²) in [7, 11) is 1.73. The minimum Gasteiger partial charge on any atom is -0.495 e. The summed E-state index contributed by atoms with van der Waals surface area (Å²) in [5, 5.41) is 0. The lowest BCUT2D eigenvalue weighted by atomic mass is 9.98. The van der Waals surface area contributed by atoms with Gasteiger partial charge in [0.2, 0.25) is 0 Å². The number of anilines is 1. The Morgan fingerprint density at radius 3 is 2.28 bits per heavy atom. The van der Waals surface area contributed by atoms with Crippen LogP contribution in [0.25, 0.3) is 0 Å². The maximum atomic E-state index is 13.2. The number of hydrogen-bond donors (Lipinski definition) is 0. The third-order valence-electron chi connectivity index (χ3n) is 6.63. The quantitative estimate of drug-likeness (QED) is 0.594. The molecule has 1 amide bonds. The van der Waals surface area contributed by atoms with Crippen LogP contribution in [0.2, 0.25) is 0 Å². The summed E-state index contributed by atoms with van der Waals surface area (Å²) in [6, 6.07) is 26.6. The fourth-order valence-electron chi connectivity index (χ4n) is 4.95. The Hall–Kier alpha value is -3.31. The summed E-state index contributed by atoms with van der Waals surface area (Å²) in [5.74, 6) is 1.06. The van der Waals surface area contributed by atoms with Crippen molar-refractivity contribution in [1.29, 1.82) is 0 Å². The molecule has 5 heteroatoms. The Kier molecular flexibility index (Phi) is 5.82. The van der Waals surface area contributed by atoms with Crippen molar-refractivity contribution < 1.29 is 9.53 Å². The van der Waals surface area contributed by atoms with Crippen LogP contribution in [-0.2, 0) is 0 Å². The number of carbonyl (C=O) groups excluding carboxylic acids is 1. The van der Waals surface area contributed by atoms with E-state index in [0.717, 1.165) is 61.8 Å². The lowest BCUT2D eigenvalue weighted by molar-refractivity contribution is 0.0725. The van der Waals surface area contributed by atoms with Crippen LogP contribution in [0.1, 0.15) is 27.5 Å². The number of rotatable bonds is 6. The van der Waals surface area contributed by atoms with Gasteiger partial charge in [0.25, 0.3) is 5.91 Å². The first-order chi connectivity index (χ1) is 15.8. The zero-order valence-electron chi connectivity index (χ0n) is 18.5. The van der Waals surface area contributed by atoms with E-state index in [-0.39, 0.29) is 11.9 Å². The number of nitrogens with zero attached hydrogens (tertiary/aromatic N) is 3. The van der Waals surface area contributed by atoms with E-state index in [2.05, 4.69) is 52.3 Å². The molecule has 5 rings (SSSR count). The second-order valence-electron chi connectivity index (χ2n) is 8.40. The van der Waals surface area contributed by atoms with Crippen molar-refractivity contribution in [3.8, 4) is 5.75 Å². The van der Waals surface area contributed by atoms with Gasteiger partial charge in [0.05, 0.1) is 18.8 Å². The molecule has 0 aliphatic carbocycles. The number of carbonyl (C=O) groups is 1. The molecule has 0 bridgehead atoms. The van der Waals surface area contributed by atoms with Gasteiger partial charge in [0.1, 0.15) is 5.75 Å². The number of methoxy groups -OCH3 is 1. The summed E-state index contributed by atoms with van der Waals surface area (Å²) in [6.07, 6.45) is 0. The molecule has 32 heavy (non-hydrogen) atoms. The molecule has 1 atom stereocenters. The van der Waals surface area contributed by atoms with Crippen molar-refractivity contribution in [1.82, 2.24) is 9.80 Å². The Morgan fingerprint density at radius 2 is 1.50 bits per heavy atom. The number of piperazine rings is 1. The summed E-state index contributed by atoms with van der Waals surface area (Å²) in [5.41, 5.74) is 4.28. The molecule has 3 aromatic carbocycles. The van der Waals surface area contributed by atoms with Crippen molar-refractivity contribution in [2.45, 2.75) is 6.04 Å². The number of benzene rings is 3. The maximum absolute atomic E-state index is 13.2. The largest absolute Gasteiger partial charge is 0.495 e. The van der Waals surface area contributed by atoms with E-state index >= 15 is 0 Å². The first-order valence-corrected chi connectivity index (χ1v) is 11.3. The maximum Gasteiger partial charge on any atom is 0.255 e. The molecule has 2 aliphatic heterocycles. The molecule has 1 saturated heterocycles. The third-order valence-corrected chi connectivity index (χ3v) is 6.63. The van der Waals surface area contributed by atoms with Gasteiger partial charge in [-0.05, 0) is 29.3 Å². The topological polar surface area (TPSA) is 36.0 Å². The average molecular weight is 428 g/mol. The fourth-order valence-corrected chi connectivity index (χ4v) is 4.95. The molecule has 0 saturated carbocycles. The van der Waals surface area contributed by atoms with E-state index in [4.69, 9.17) is 4.74 Å².